The molecule has 0 fully saturated rings. The number of nitro groups is 1. The van der Waals surface area contributed by atoms with E-state index >= 15 is 0 Å². The molecule has 3 aromatic rings. The number of anilines is 1. The van der Waals surface area contributed by atoms with Gasteiger partial charge in [-0.05, 0) is 43.7 Å². The summed E-state index contributed by atoms with van der Waals surface area (Å²) in [5, 5.41) is 18.5. The van der Waals surface area contributed by atoms with Crippen LogP contribution in [0.4, 0.5) is 11.4 Å². The molecule has 28 heavy (non-hydrogen) atoms. The number of hydrogen-bond acceptors (Lipinski definition) is 7. The highest BCUT2D eigenvalue weighted by Gasteiger charge is 2.22. The molecular weight excluding hydrogens is 382 g/mol. The molecule has 0 radical (unpaired) electrons. The van der Waals surface area contributed by atoms with Gasteiger partial charge in [-0.25, -0.2) is 18.1 Å². The van der Waals surface area contributed by atoms with Crippen LogP contribution in [0.25, 0.3) is 5.82 Å². The zero-order valence-electron chi connectivity index (χ0n) is 15.6. The van der Waals surface area contributed by atoms with Crippen LogP contribution in [0.3, 0.4) is 0 Å². The molecule has 2 aromatic heterocycles. The van der Waals surface area contributed by atoms with Crippen LogP contribution in [0, 0.1) is 24.0 Å². The highest BCUT2D eigenvalue weighted by atomic mass is 32.2. The van der Waals surface area contributed by atoms with E-state index in [0.717, 1.165) is 23.2 Å². The smallest absolute Gasteiger partial charge is 0.288 e. The summed E-state index contributed by atoms with van der Waals surface area (Å²) in [7, 11) is -3.73. The Bertz CT molecular complexity index is 1140. The molecule has 0 saturated heterocycles. The van der Waals surface area contributed by atoms with Crippen LogP contribution < -0.4 is 5.32 Å². The van der Waals surface area contributed by atoms with Crippen LogP contribution in [0.1, 0.15) is 17.0 Å². The Hall–Kier alpha value is -3.27. The molecule has 2 heterocycles. The van der Waals surface area contributed by atoms with Gasteiger partial charge in [0.05, 0.1) is 10.6 Å². The van der Waals surface area contributed by atoms with E-state index in [2.05, 4.69) is 15.4 Å². The van der Waals surface area contributed by atoms with Gasteiger partial charge in [-0.1, -0.05) is 6.07 Å². The molecule has 1 aromatic carbocycles. The van der Waals surface area contributed by atoms with Gasteiger partial charge >= 0.3 is 0 Å². The van der Waals surface area contributed by atoms with Gasteiger partial charge in [-0.15, -0.1) is 0 Å². The lowest BCUT2D eigenvalue weighted by Crippen LogP contribution is -2.06. The van der Waals surface area contributed by atoms with Crippen LogP contribution in [0.2, 0.25) is 0 Å². The van der Waals surface area contributed by atoms with E-state index in [1.165, 1.54) is 18.2 Å². The Balaban J connectivity index is 1.77. The second-order valence-corrected chi connectivity index (χ2v) is 8.41. The third kappa shape index (κ3) is 4.17. The average molecular weight is 401 g/mol. The molecular formula is C18H19N5O4S. The van der Waals surface area contributed by atoms with E-state index in [0.29, 0.717) is 18.1 Å². The van der Waals surface area contributed by atoms with E-state index in [1.807, 2.05) is 32.0 Å². The predicted octanol–water partition coefficient (Wildman–Crippen LogP) is 2.81. The maximum Gasteiger partial charge on any atom is 0.288 e. The van der Waals surface area contributed by atoms with Crippen LogP contribution in [0.15, 0.2) is 47.5 Å². The summed E-state index contributed by atoms with van der Waals surface area (Å²) in [6, 6.07) is 9.62. The van der Waals surface area contributed by atoms with Crippen molar-refractivity contribution in [1.29, 1.82) is 0 Å². The van der Waals surface area contributed by atoms with Gasteiger partial charge in [0.1, 0.15) is 4.90 Å². The Morgan fingerprint density at radius 2 is 1.93 bits per heavy atom. The number of hydrogen-bond donors (Lipinski definition) is 1. The number of nitro benzene ring substituents is 1. The molecule has 0 spiro atoms. The molecule has 0 saturated carbocycles. The van der Waals surface area contributed by atoms with Gasteiger partial charge in [0.15, 0.2) is 15.7 Å². The van der Waals surface area contributed by atoms with Crippen LogP contribution in [-0.2, 0) is 16.4 Å². The summed E-state index contributed by atoms with van der Waals surface area (Å²) in [6.07, 6.45) is 2.64. The van der Waals surface area contributed by atoms with Gasteiger partial charge < -0.3 is 5.32 Å². The molecule has 9 nitrogen and oxygen atoms in total. The Labute approximate surface area is 162 Å². The van der Waals surface area contributed by atoms with Crippen molar-refractivity contribution < 1.29 is 13.3 Å². The summed E-state index contributed by atoms with van der Waals surface area (Å²) in [5.74, 6) is 0.698. The van der Waals surface area contributed by atoms with Crippen LogP contribution in [0.5, 0.6) is 0 Å². The first-order valence-corrected chi connectivity index (χ1v) is 10.3. The van der Waals surface area contributed by atoms with E-state index in [9.17, 15) is 18.5 Å². The largest absolute Gasteiger partial charge is 0.381 e. The average Bonchev–Trinajstić information content (AvgIpc) is 2.97. The topological polar surface area (TPSA) is 120 Å². The lowest BCUT2D eigenvalue weighted by Gasteiger charge is -2.09. The van der Waals surface area contributed by atoms with Crippen molar-refractivity contribution >= 4 is 21.2 Å². The maximum absolute atomic E-state index is 11.8. The summed E-state index contributed by atoms with van der Waals surface area (Å²) >= 11 is 0. The fraction of sp³-hybridized carbons (Fsp3) is 0.222. The molecule has 0 aliphatic rings. The van der Waals surface area contributed by atoms with Crippen molar-refractivity contribution in [3.8, 4) is 5.82 Å². The summed E-state index contributed by atoms with van der Waals surface area (Å²) in [6.45, 7) is 4.24. The van der Waals surface area contributed by atoms with Crippen molar-refractivity contribution in [3.63, 3.8) is 0 Å². The quantitative estimate of drug-likeness (QED) is 0.498. The summed E-state index contributed by atoms with van der Waals surface area (Å²) in [4.78, 5) is 14.4. The Morgan fingerprint density at radius 3 is 2.46 bits per heavy atom. The minimum absolute atomic E-state index is 0.319. The fourth-order valence-corrected chi connectivity index (χ4v) is 3.65. The van der Waals surface area contributed by atoms with Crippen molar-refractivity contribution in [1.82, 2.24) is 14.8 Å². The van der Waals surface area contributed by atoms with Crippen LogP contribution in [-0.4, -0.2) is 34.4 Å². The molecule has 0 bridgehead atoms. The maximum atomic E-state index is 11.8. The Morgan fingerprint density at radius 1 is 1.18 bits per heavy atom. The molecule has 3 rings (SSSR count). The van der Waals surface area contributed by atoms with E-state index < -0.39 is 20.4 Å². The molecule has 1 N–H and O–H groups in total. The molecule has 10 heteroatoms. The normalized spacial score (nSPS) is 11.4. The Kier molecular flexibility index (Phi) is 5.14. The van der Waals surface area contributed by atoms with E-state index in [1.54, 1.807) is 10.9 Å². The molecule has 0 aliphatic heterocycles. The first kappa shape index (κ1) is 19.5. The standard InChI is InChI=1S/C18H19N5O4S/c1-12-8-13(2)22(21-12)18-7-4-14(11-20-18)10-19-15-5-6-16(23(24)25)17(9-15)28(3,26)27/h4-9,11,19H,10H2,1-3H3. The number of nitrogens with zero attached hydrogens (tertiary/aromatic N) is 4. The molecule has 0 atom stereocenters. The highest BCUT2D eigenvalue weighted by molar-refractivity contribution is 7.90. The number of nitrogens with one attached hydrogen (secondary N) is 1. The molecule has 0 unspecified atom stereocenters. The van der Waals surface area contributed by atoms with E-state index in [4.69, 9.17) is 0 Å². The predicted molar refractivity (Wildman–Crippen MR) is 104 cm³/mol. The zero-order chi connectivity index (χ0) is 20.5. The first-order valence-electron chi connectivity index (χ1n) is 8.36. The van der Waals surface area contributed by atoms with Gasteiger partial charge in [-0.3, -0.25) is 10.1 Å². The van der Waals surface area contributed by atoms with Gasteiger partial charge in [0.25, 0.3) is 5.69 Å². The van der Waals surface area contributed by atoms with Gasteiger partial charge in [0.2, 0.25) is 0 Å². The van der Waals surface area contributed by atoms with Gasteiger partial charge in [0, 0.05) is 36.4 Å². The van der Waals surface area contributed by atoms with Crippen molar-refractivity contribution in [3.05, 3.63) is 69.7 Å². The van der Waals surface area contributed by atoms with Crippen molar-refractivity contribution in [2.75, 3.05) is 11.6 Å². The zero-order valence-corrected chi connectivity index (χ0v) is 16.4. The monoisotopic (exact) mass is 401 g/mol. The first-order chi connectivity index (χ1) is 13.1. The SMILES string of the molecule is Cc1cc(C)n(-c2ccc(CNc3ccc([N+](=O)[O-])c(S(C)(=O)=O)c3)cn2)n1. The van der Waals surface area contributed by atoms with Gasteiger partial charge in [-0.2, -0.15) is 5.10 Å². The molecule has 0 amide bonds. The molecule has 0 aliphatic carbocycles. The van der Waals surface area contributed by atoms with E-state index in [-0.39, 0.29) is 4.90 Å². The second kappa shape index (κ2) is 7.39. The summed E-state index contributed by atoms with van der Waals surface area (Å²) < 4.78 is 25.4. The minimum Gasteiger partial charge on any atom is -0.381 e. The minimum atomic E-state index is -3.73. The number of rotatable bonds is 6. The number of benzene rings is 1. The number of aryl methyl sites for hydroxylation is 2. The van der Waals surface area contributed by atoms with Crippen molar-refractivity contribution in [2.24, 2.45) is 0 Å². The molecule has 146 valence electrons. The van der Waals surface area contributed by atoms with Crippen LogP contribution >= 0.6 is 0 Å². The highest BCUT2D eigenvalue weighted by Crippen LogP contribution is 2.27. The second-order valence-electron chi connectivity index (χ2n) is 6.43. The third-order valence-electron chi connectivity index (χ3n) is 4.09. The number of pyridine rings is 1. The number of aromatic nitrogens is 3. The van der Waals surface area contributed by atoms with Crippen molar-refractivity contribution in [2.45, 2.75) is 25.3 Å². The lowest BCUT2D eigenvalue weighted by atomic mass is 10.2. The summed E-state index contributed by atoms with van der Waals surface area (Å²) in [5.41, 5.74) is 2.78. The lowest BCUT2D eigenvalue weighted by molar-refractivity contribution is -0.387. The third-order valence-corrected chi connectivity index (χ3v) is 5.21. The fourth-order valence-electron chi connectivity index (χ4n) is 2.78. The number of sulfone groups is 1.